The van der Waals surface area contributed by atoms with Crippen LogP contribution in [0.25, 0.3) is 0 Å². The number of carbonyl (C=O) groups excluding carboxylic acids is 1. The average molecular weight is 677 g/mol. The lowest BCUT2D eigenvalue weighted by molar-refractivity contribution is -0.442. The highest BCUT2D eigenvalue weighted by Gasteiger charge is 2.83. The van der Waals surface area contributed by atoms with E-state index >= 15 is 17.6 Å². The summed E-state index contributed by atoms with van der Waals surface area (Å²) in [5.74, 6) is -2.54. The van der Waals surface area contributed by atoms with E-state index in [4.69, 9.17) is 0 Å². The Hall–Kier alpha value is -1.73. The number of carbonyl (C=O) groups is 1. The summed E-state index contributed by atoms with van der Waals surface area (Å²) in [6.07, 6.45) is -22.6. The molecule has 4 atom stereocenters. The molecule has 0 aromatic heterocycles. The Morgan fingerprint density at radius 2 is 1.44 bits per heavy atom. The van der Waals surface area contributed by atoms with Crippen LogP contribution in [-0.2, 0) is 9.53 Å². The number of rotatable bonds is 13. The van der Waals surface area contributed by atoms with Crippen molar-refractivity contribution < 1.29 is 62.6 Å². The molecule has 0 spiro atoms. The second kappa shape index (κ2) is 12.6. The minimum atomic E-state index is -6.74. The molecule has 1 N–H and O–H groups in total. The molecule has 1 rings (SSSR count). The first-order valence-corrected chi connectivity index (χ1v) is 18.6. The van der Waals surface area contributed by atoms with Crippen molar-refractivity contribution in [3.05, 3.63) is 24.3 Å². The first kappa shape index (κ1) is 39.3. The molecule has 0 bridgehead atoms. The van der Waals surface area contributed by atoms with Crippen molar-refractivity contribution >= 4 is 33.9 Å². The van der Waals surface area contributed by atoms with Crippen LogP contribution in [0.15, 0.2) is 24.3 Å². The van der Waals surface area contributed by atoms with Crippen molar-refractivity contribution in [2.45, 2.75) is 113 Å². The molecule has 0 fully saturated rings. The molecule has 17 heteroatoms. The second-order valence-electron chi connectivity index (χ2n) is 11.6. The number of benzene rings is 1. The molecule has 1 radical (unpaired) electrons. The fraction of sp³-hybridized carbons (Fsp3) is 0.731. The van der Waals surface area contributed by atoms with Gasteiger partial charge in [0.25, 0.3) is 5.91 Å². The average Bonchev–Trinajstić information content (AvgIpc) is 2.88. The lowest BCUT2D eigenvalue weighted by Gasteiger charge is -2.48. The van der Waals surface area contributed by atoms with Gasteiger partial charge in [0.1, 0.15) is 5.60 Å². The van der Waals surface area contributed by atoms with Crippen molar-refractivity contribution in [3.8, 4) is 0 Å². The number of ether oxygens (including phenoxy) is 1. The van der Waals surface area contributed by atoms with Gasteiger partial charge in [-0.3, -0.25) is 4.79 Å². The smallest absolute Gasteiger partial charge is 0.432 e. The molecule has 1 aromatic rings. The van der Waals surface area contributed by atoms with Crippen molar-refractivity contribution in [3.63, 3.8) is 0 Å². The van der Waals surface area contributed by atoms with Crippen molar-refractivity contribution in [1.29, 1.82) is 0 Å². The molecule has 4 nitrogen and oxygen atoms in total. The van der Waals surface area contributed by atoms with Gasteiger partial charge >= 0.3 is 29.8 Å². The number of alkyl halides is 11. The molecule has 0 aliphatic heterocycles. The number of halogens is 11. The SMILES string of the molecule is CCC(C)(F)C(F)(C(F)(F)F)C(F)(F)OC(C)(CC)C(F)(C(=O)N(C)c1cccc([Si](C)(C)CC[Si](C)O)c1)C(F)(F)F. The third-order valence-corrected chi connectivity index (χ3v) is 12.9. The van der Waals surface area contributed by atoms with E-state index in [0.29, 0.717) is 38.2 Å². The maximum absolute atomic E-state index is 16.3. The van der Waals surface area contributed by atoms with Crippen LogP contribution < -0.4 is 10.1 Å². The van der Waals surface area contributed by atoms with Crippen LogP contribution in [0, 0.1) is 0 Å². The lowest BCUT2D eigenvalue weighted by atomic mass is 9.79. The molecule has 249 valence electrons. The van der Waals surface area contributed by atoms with Crippen molar-refractivity contribution in [2.24, 2.45) is 0 Å². The first-order chi connectivity index (χ1) is 19.0. The van der Waals surface area contributed by atoms with Crippen LogP contribution in [0.5, 0.6) is 0 Å². The number of hydrogen-bond donors (Lipinski definition) is 1. The van der Waals surface area contributed by atoms with E-state index in [9.17, 15) is 40.3 Å². The van der Waals surface area contributed by atoms with Crippen LogP contribution >= 0.6 is 0 Å². The highest BCUT2D eigenvalue weighted by atomic mass is 28.3. The van der Waals surface area contributed by atoms with E-state index in [1.54, 1.807) is 12.6 Å². The summed E-state index contributed by atoms with van der Waals surface area (Å²) in [6, 6.07) is 6.40. The number of anilines is 1. The summed E-state index contributed by atoms with van der Waals surface area (Å²) < 4.78 is 165. The second-order valence-corrected chi connectivity index (χ2v) is 18.4. The van der Waals surface area contributed by atoms with E-state index < -0.39 is 76.9 Å². The largest absolute Gasteiger partial charge is 0.434 e. The maximum atomic E-state index is 16.3. The van der Waals surface area contributed by atoms with E-state index in [2.05, 4.69) is 4.74 Å². The third-order valence-electron chi connectivity index (χ3n) is 8.05. The number of nitrogens with zero attached hydrogens (tertiary/aromatic N) is 1. The molecule has 1 amide bonds. The van der Waals surface area contributed by atoms with E-state index in [1.807, 2.05) is 13.1 Å². The van der Waals surface area contributed by atoms with Gasteiger partial charge < -0.3 is 14.4 Å². The van der Waals surface area contributed by atoms with Crippen molar-refractivity contribution in [1.82, 2.24) is 0 Å². The molecule has 0 heterocycles. The van der Waals surface area contributed by atoms with E-state index in [0.717, 1.165) is 6.07 Å². The normalized spacial score (nSPS) is 19.3. The molecule has 0 saturated heterocycles. The summed E-state index contributed by atoms with van der Waals surface area (Å²) in [7, 11) is -3.29. The number of amides is 1. The van der Waals surface area contributed by atoms with Crippen LogP contribution in [0.3, 0.4) is 0 Å². The van der Waals surface area contributed by atoms with Gasteiger partial charge in [-0.05, 0) is 51.4 Å². The fourth-order valence-electron chi connectivity index (χ4n) is 4.52. The number of hydrogen-bond acceptors (Lipinski definition) is 3. The fourth-order valence-corrected chi connectivity index (χ4v) is 9.84. The molecular formula is C26H37F11NO3Si2. The molecule has 0 aliphatic rings. The van der Waals surface area contributed by atoms with Gasteiger partial charge in [-0.15, -0.1) is 0 Å². The molecule has 1 aromatic carbocycles. The van der Waals surface area contributed by atoms with E-state index in [1.165, 1.54) is 12.1 Å². The molecule has 4 unspecified atom stereocenters. The summed E-state index contributed by atoms with van der Waals surface area (Å²) >= 11 is 0. The van der Waals surface area contributed by atoms with Crippen LogP contribution in [0.4, 0.5) is 54.0 Å². The Morgan fingerprint density at radius 1 is 0.930 bits per heavy atom. The van der Waals surface area contributed by atoms with Crippen LogP contribution in [0.2, 0.25) is 31.7 Å². The Morgan fingerprint density at radius 3 is 1.84 bits per heavy atom. The van der Waals surface area contributed by atoms with Gasteiger partial charge in [0.15, 0.2) is 5.67 Å². The Kier molecular flexibility index (Phi) is 11.5. The predicted molar refractivity (Wildman–Crippen MR) is 145 cm³/mol. The highest BCUT2D eigenvalue weighted by molar-refractivity contribution is 6.90. The van der Waals surface area contributed by atoms with Crippen LogP contribution in [0.1, 0.15) is 40.5 Å². The van der Waals surface area contributed by atoms with Gasteiger partial charge in [-0.1, -0.05) is 50.3 Å². The van der Waals surface area contributed by atoms with Gasteiger partial charge in [0.2, 0.25) is 9.04 Å². The third kappa shape index (κ3) is 7.08. The standard InChI is InChI=1S/C26H37F11NO3Si2/c1-9-20(3,27)23(29,25(33,34)35)26(36,37)41-21(4,10-2)22(28,24(30,31)32)19(39)38(5)17-12-11-13-18(16-17)43(7,8)15-14-42(6)40/h11-13,16,40H,9-10,14-15H2,1-8H3. The Labute approximate surface area is 246 Å². The first-order valence-electron chi connectivity index (χ1n) is 13.2. The summed E-state index contributed by atoms with van der Waals surface area (Å²) in [5.41, 5.74) is -20.7. The summed E-state index contributed by atoms with van der Waals surface area (Å²) in [5, 5.41) is 0.583. The zero-order chi connectivity index (χ0) is 34.3. The molecular weight excluding hydrogens is 639 g/mol. The Bertz CT molecular complexity index is 1130. The minimum Gasteiger partial charge on any atom is -0.432 e. The van der Waals surface area contributed by atoms with Crippen LogP contribution in [-0.4, -0.2) is 75.9 Å². The van der Waals surface area contributed by atoms with Gasteiger partial charge in [-0.2, -0.15) is 35.1 Å². The Balaban J connectivity index is 3.79. The van der Waals surface area contributed by atoms with Gasteiger partial charge in [0, 0.05) is 12.7 Å². The van der Waals surface area contributed by atoms with E-state index in [-0.39, 0.29) is 24.4 Å². The monoisotopic (exact) mass is 676 g/mol. The summed E-state index contributed by atoms with van der Waals surface area (Å²) in [4.78, 5) is 23.2. The van der Waals surface area contributed by atoms with Gasteiger partial charge in [-0.25, -0.2) is 13.2 Å². The minimum absolute atomic E-state index is 0.0518. The topological polar surface area (TPSA) is 49.8 Å². The summed E-state index contributed by atoms with van der Waals surface area (Å²) in [6.45, 7) is 6.34. The predicted octanol–water partition coefficient (Wildman–Crippen LogP) is 7.64. The lowest BCUT2D eigenvalue weighted by Crippen LogP contribution is -2.73. The zero-order valence-corrected chi connectivity index (χ0v) is 27.0. The van der Waals surface area contributed by atoms with Gasteiger partial charge in [0.05, 0.1) is 8.07 Å². The van der Waals surface area contributed by atoms with Crippen molar-refractivity contribution in [2.75, 3.05) is 11.9 Å². The highest BCUT2D eigenvalue weighted by Crippen LogP contribution is 2.58. The molecule has 0 saturated carbocycles. The quantitative estimate of drug-likeness (QED) is 0.173. The maximum Gasteiger partial charge on any atom is 0.434 e. The zero-order valence-electron chi connectivity index (χ0n) is 25.0. The molecule has 0 aliphatic carbocycles. The molecule has 43 heavy (non-hydrogen) atoms.